The number of nitrogens with zero attached hydrogens (tertiary/aromatic N) is 1. The zero-order valence-electron chi connectivity index (χ0n) is 22.8. The number of halogens is 1. The molecular formula is C30H31ClN2O7. The molecule has 0 saturated carbocycles. The fourth-order valence-corrected chi connectivity index (χ4v) is 4.88. The van der Waals surface area contributed by atoms with E-state index >= 15 is 0 Å². The van der Waals surface area contributed by atoms with E-state index in [1.807, 2.05) is 19.9 Å². The number of phenolic OH excluding ortho intramolecular Hbond substituents is 1. The minimum Gasteiger partial charge on any atom is -0.508 e. The number of carbonyl (C=O) groups is 4. The van der Waals surface area contributed by atoms with Crippen LogP contribution in [0.2, 0.25) is 0 Å². The molecule has 0 fully saturated rings. The number of aliphatic hydroxyl groups is 1. The molecule has 2 aliphatic heterocycles. The molecule has 3 aliphatic rings. The lowest BCUT2D eigenvalue weighted by atomic mass is 9.74. The summed E-state index contributed by atoms with van der Waals surface area (Å²) in [6, 6.07) is 5.68. The summed E-state index contributed by atoms with van der Waals surface area (Å²) in [6.45, 7) is 8.34. The molecule has 40 heavy (non-hydrogen) atoms. The summed E-state index contributed by atoms with van der Waals surface area (Å²) < 4.78 is 5.48. The maximum Gasteiger partial charge on any atom is 0.343 e. The van der Waals surface area contributed by atoms with Crippen LogP contribution in [0.25, 0.3) is 0 Å². The second-order valence-electron chi connectivity index (χ2n) is 10.3. The number of benzene rings is 1. The first kappa shape index (κ1) is 29.0. The van der Waals surface area contributed by atoms with Gasteiger partial charge in [0, 0.05) is 34.4 Å². The van der Waals surface area contributed by atoms with Gasteiger partial charge < -0.3 is 14.9 Å². The molecule has 0 aromatic heterocycles. The Hall–Kier alpha value is -3.95. The van der Waals surface area contributed by atoms with Gasteiger partial charge in [0.15, 0.2) is 11.4 Å². The summed E-state index contributed by atoms with van der Waals surface area (Å²) in [4.78, 5) is 53.0. The van der Waals surface area contributed by atoms with Gasteiger partial charge in [-0.15, -0.1) is 0 Å². The fraction of sp³-hybridized carbons (Fsp3) is 0.333. The van der Waals surface area contributed by atoms with Crippen molar-refractivity contribution in [1.82, 2.24) is 10.4 Å². The molecule has 210 valence electrons. The molecule has 1 aromatic rings. The first-order valence-electron chi connectivity index (χ1n) is 13.0. The van der Waals surface area contributed by atoms with Gasteiger partial charge in [0.1, 0.15) is 11.3 Å². The van der Waals surface area contributed by atoms with Crippen LogP contribution in [-0.4, -0.2) is 50.4 Å². The fourth-order valence-electron chi connectivity index (χ4n) is 4.54. The Morgan fingerprint density at radius 3 is 2.42 bits per heavy atom. The topological polar surface area (TPSA) is 133 Å². The summed E-state index contributed by atoms with van der Waals surface area (Å²) in [5.74, 6) is -3.57. The van der Waals surface area contributed by atoms with Crippen LogP contribution in [0.15, 0.2) is 81.7 Å². The van der Waals surface area contributed by atoms with E-state index in [0.29, 0.717) is 5.70 Å². The zero-order chi connectivity index (χ0) is 29.5. The number of allylic oxidation sites excluding steroid dienone is 4. The number of nitrogens with one attached hydrogen (secondary N) is 1. The van der Waals surface area contributed by atoms with Gasteiger partial charge in [-0.25, -0.2) is 4.79 Å². The Kier molecular flexibility index (Phi) is 7.92. The number of ketones is 2. The smallest absolute Gasteiger partial charge is 0.343 e. The number of aromatic hydroxyl groups is 1. The molecule has 9 nitrogen and oxygen atoms in total. The molecule has 1 aromatic carbocycles. The second kappa shape index (κ2) is 10.9. The molecule has 1 aliphatic carbocycles. The van der Waals surface area contributed by atoms with Crippen molar-refractivity contribution in [1.29, 1.82) is 0 Å². The lowest BCUT2D eigenvalue weighted by molar-refractivity contribution is -0.153. The molecule has 0 saturated heterocycles. The standard InChI is InChI=1S/C30H31ClN2O7/c1-6-15(2)7-10-19-13-21-22(14-33(19)32-28(38)18-8-11-20(35)12-9-18)24-23(26(36)16(3)17(4)34)29(39)40-30(24,5)27(37)25(21)31/h7-17,34-35H,6H2,1-5H3,(H,32,38)/b10-7-/t15-,16-,17+,30-/m0/s1. The van der Waals surface area contributed by atoms with Crippen molar-refractivity contribution >= 4 is 35.0 Å². The van der Waals surface area contributed by atoms with Crippen molar-refractivity contribution in [3.8, 4) is 5.75 Å². The van der Waals surface area contributed by atoms with Crippen LogP contribution in [0.3, 0.4) is 0 Å². The van der Waals surface area contributed by atoms with Crippen LogP contribution in [0.4, 0.5) is 0 Å². The molecule has 0 bridgehead atoms. The summed E-state index contributed by atoms with van der Waals surface area (Å²) in [7, 11) is 0. The van der Waals surface area contributed by atoms with Crippen molar-refractivity contribution in [2.45, 2.75) is 52.7 Å². The number of Topliss-reactive ketones (excluding diaryl/α,β-unsaturated/α-hetero) is 2. The number of amides is 1. The predicted molar refractivity (Wildman–Crippen MR) is 147 cm³/mol. The first-order chi connectivity index (χ1) is 18.8. The summed E-state index contributed by atoms with van der Waals surface area (Å²) in [6.07, 6.45) is 6.62. The van der Waals surface area contributed by atoms with Gasteiger partial charge in [-0.1, -0.05) is 44.9 Å². The molecule has 4 atom stereocenters. The Bertz CT molecular complexity index is 1450. The summed E-state index contributed by atoms with van der Waals surface area (Å²) in [5.41, 5.74) is 1.88. The Labute approximate surface area is 237 Å². The van der Waals surface area contributed by atoms with Crippen LogP contribution in [0.1, 0.15) is 51.4 Å². The van der Waals surface area contributed by atoms with Crippen molar-refractivity contribution in [3.63, 3.8) is 0 Å². The maximum absolute atomic E-state index is 13.5. The summed E-state index contributed by atoms with van der Waals surface area (Å²) >= 11 is 6.56. The van der Waals surface area contributed by atoms with Gasteiger partial charge in [-0.2, -0.15) is 0 Å². The van der Waals surface area contributed by atoms with Crippen LogP contribution in [0, 0.1) is 11.8 Å². The number of ether oxygens (including phenoxy) is 1. The number of aliphatic hydroxyl groups excluding tert-OH is 1. The average molecular weight is 567 g/mol. The lowest BCUT2D eigenvalue weighted by Crippen LogP contribution is -2.45. The van der Waals surface area contributed by atoms with Gasteiger partial charge in [0.2, 0.25) is 5.78 Å². The number of hydrogen-bond donors (Lipinski definition) is 3. The van der Waals surface area contributed by atoms with Crippen molar-refractivity contribution < 1.29 is 34.1 Å². The quantitative estimate of drug-likeness (QED) is 0.318. The number of hydrogen-bond acceptors (Lipinski definition) is 8. The largest absolute Gasteiger partial charge is 0.508 e. The average Bonchev–Trinajstić information content (AvgIpc) is 3.20. The highest BCUT2D eigenvalue weighted by atomic mass is 35.5. The van der Waals surface area contributed by atoms with Crippen LogP contribution < -0.4 is 5.43 Å². The molecule has 1 amide bonds. The van der Waals surface area contributed by atoms with Crippen LogP contribution >= 0.6 is 11.6 Å². The normalized spacial score (nSPS) is 22.8. The van der Waals surface area contributed by atoms with Gasteiger partial charge in [0.05, 0.1) is 16.8 Å². The highest BCUT2D eigenvalue weighted by Gasteiger charge is 2.57. The van der Waals surface area contributed by atoms with Gasteiger partial charge in [0.25, 0.3) is 5.91 Å². The van der Waals surface area contributed by atoms with E-state index in [2.05, 4.69) is 5.43 Å². The van der Waals surface area contributed by atoms with Crippen molar-refractivity contribution in [3.05, 3.63) is 87.3 Å². The minimum atomic E-state index is -1.86. The molecule has 3 N–H and O–H groups in total. The SMILES string of the molecule is CC[C@H](C)/C=C\C1=CC2=C(Cl)C(=O)[C@@]3(C)OC(=O)C(C(=O)[C@@H](C)[C@@H](C)O)=C3C2=CN1NC(=O)c1ccc(O)cc1. The van der Waals surface area contributed by atoms with Crippen LogP contribution in [-0.2, 0) is 19.1 Å². The van der Waals surface area contributed by atoms with E-state index in [9.17, 15) is 29.4 Å². The Morgan fingerprint density at radius 1 is 1.18 bits per heavy atom. The van der Waals surface area contributed by atoms with Gasteiger partial charge in [-0.05, 0) is 56.2 Å². The maximum atomic E-state index is 13.5. The minimum absolute atomic E-state index is 0.00533. The summed E-state index contributed by atoms with van der Waals surface area (Å²) in [5, 5.41) is 20.9. The third kappa shape index (κ3) is 5.02. The number of esters is 1. The molecule has 2 heterocycles. The Morgan fingerprint density at radius 2 is 1.82 bits per heavy atom. The predicted octanol–water partition coefficient (Wildman–Crippen LogP) is 4.00. The molecule has 10 heteroatoms. The number of fused-ring (bicyclic) bond motifs is 3. The van der Waals surface area contributed by atoms with Crippen molar-refractivity contribution in [2.75, 3.05) is 0 Å². The molecular weight excluding hydrogens is 536 g/mol. The third-order valence-corrected chi connectivity index (χ3v) is 7.83. The number of hydrazine groups is 1. The van der Waals surface area contributed by atoms with Crippen molar-refractivity contribution in [2.24, 2.45) is 11.8 Å². The van der Waals surface area contributed by atoms with Gasteiger partial charge in [-0.3, -0.25) is 24.8 Å². The van der Waals surface area contributed by atoms with E-state index in [4.69, 9.17) is 16.3 Å². The van der Waals surface area contributed by atoms with E-state index in [1.165, 1.54) is 56.2 Å². The van der Waals surface area contributed by atoms with E-state index in [-0.39, 0.29) is 44.6 Å². The number of phenols is 1. The highest BCUT2D eigenvalue weighted by Crippen LogP contribution is 2.50. The molecule has 4 rings (SSSR count). The molecule has 0 radical (unpaired) electrons. The van der Waals surface area contributed by atoms with E-state index in [1.54, 1.807) is 12.2 Å². The monoisotopic (exact) mass is 566 g/mol. The third-order valence-electron chi connectivity index (χ3n) is 7.46. The molecule has 0 unspecified atom stereocenters. The van der Waals surface area contributed by atoms with Crippen LogP contribution in [0.5, 0.6) is 5.75 Å². The van der Waals surface area contributed by atoms with E-state index in [0.717, 1.165) is 6.42 Å². The first-order valence-corrected chi connectivity index (χ1v) is 13.3. The second-order valence-corrected chi connectivity index (χ2v) is 10.7. The number of carbonyl (C=O) groups excluding carboxylic acids is 4. The molecule has 0 spiro atoms. The Balaban J connectivity index is 1.90. The number of rotatable bonds is 8. The lowest BCUT2D eigenvalue weighted by Gasteiger charge is -2.36. The zero-order valence-corrected chi connectivity index (χ0v) is 23.6. The van der Waals surface area contributed by atoms with E-state index < -0.39 is 41.1 Å². The van der Waals surface area contributed by atoms with Gasteiger partial charge >= 0.3 is 5.97 Å². The highest BCUT2D eigenvalue weighted by molar-refractivity contribution is 6.46.